The summed E-state index contributed by atoms with van der Waals surface area (Å²) in [5.41, 5.74) is 16.3. The zero-order valence-electron chi connectivity index (χ0n) is 16.2. The van der Waals surface area contributed by atoms with Gasteiger partial charge in [-0.05, 0) is 48.6 Å². The molecule has 0 aliphatic heterocycles. The Kier molecular flexibility index (Phi) is 4.92. The number of halogens is 1. The van der Waals surface area contributed by atoms with E-state index in [0.29, 0.717) is 26.2 Å². The monoisotopic (exact) mass is 468 g/mol. The lowest BCUT2D eigenvalue weighted by molar-refractivity contribution is 0.100. The van der Waals surface area contributed by atoms with Gasteiger partial charge in [0, 0.05) is 27.0 Å². The van der Waals surface area contributed by atoms with Crippen LogP contribution in [0.3, 0.4) is 0 Å². The second kappa shape index (κ2) is 7.64. The van der Waals surface area contributed by atoms with Crippen molar-refractivity contribution in [3.63, 3.8) is 0 Å². The normalized spacial score (nSPS) is 12.8. The number of anilines is 2. The summed E-state index contributed by atoms with van der Waals surface area (Å²) >= 11 is 8.46. The number of nitrogens with one attached hydrogen (secondary N) is 1. The van der Waals surface area contributed by atoms with E-state index in [1.165, 1.54) is 28.2 Å². The zero-order valence-corrected chi connectivity index (χ0v) is 18.6. The van der Waals surface area contributed by atoms with Gasteiger partial charge in [-0.15, -0.1) is 22.7 Å². The average Bonchev–Trinajstić information content (AvgIpc) is 3.44. The summed E-state index contributed by atoms with van der Waals surface area (Å²) in [6, 6.07) is 9.13. The van der Waals surface area contributed by atoms with Gasteiger partial charge < -0.3 is 16.8 Å². The number of nitrogen functional groups attached to an aromatic ring is 1. The van der Waals surface area contributed by atoms with Gasteiger partial charge in [-0.2, -0.15) is 0 Å². The number of carbonyl (C=O) groups is 2. The van der Waals surface area contributed by atoms with Crippen molar-refractivity contribution in [2.24, 2.45) is 5.73 Å². The topological polar surface area (TPSA) is 111 Å². The smallest absolute Gasteiger partial charge is 0.268 e. The van der Waals surface area contributed by atoms with Crippen LogP contribution in [0.2, 0.25) is 5.02 Å². The van der Waals surface area contributed by atoms with Gasteiger partial charge in [-0.1, -0.05) is 23.7 Å². The van der Waals surface area contributed by atoms with Crippen LogP contribution in [0.5, 0.6) is 0 Å². The first-order chi connectivity index (χ1) is 14.9. The molecule has 0 radical (unpaired) electrons. The van der Waals surface area contributed by atoms with Gasteiger partial charge >= 0.3 is 0 Å². The number of nitrogens with zero attached hydrogens (tertiary/aromatic N) is 1. The first kappa shape index (κ1) is 20.0. The number of rotatable bonds is 4. The van der Waals surface area contributed by atoms with Crippen LogP contribution < -0.4 is 16.8 Å². The SMILES string of the molecule is NC(=O)c1c(-c2ccc(Cl)cc2)csc1NC(=O)c1sc2nc3c(cc2c1N)CCC3. The highest BCUT2D eigenvalue weighted by molar-refractivity contribution is 7.21. The lowest BCUT2D eigenvalue weighted by Crippen LogP contribution is -2.17. The number of benzene rings is 1. The van der Waals surface area contributed by atoms with Gasteiger partial charge in [0.05, 0.1) is 11.3 Å². The Morgan fingerprint density at radius 1 is 1.16 bits per heavy atom. The zero-order chi connectivity index (χ0) is 21.7. The van der Waals surface area contributed by atoms with E-state index in [1.807, 2.05) is 6.07 Å². The fourth-order valence-electron chi connectivity index (χ4n) is 3.86. The quantitative estimate of drug-likeness (QED) is 0.386. The predicted molar refractivity (Wildman–Crippen MR) is 127 cm³/mol. The van der Waals surface area contributed by atoms with E-state index < -0.39 is 5.91 Å². The third-order valence-corrected chi connectivity index (χ3v) is 7.64. The second-order valence-corrected chi connectivity index (χ2v) is 9.64. The van der Waals surface area contributed by atoms with Gasteiger partial charge in [0.1, 0.15) is 14.7 Å². The molecule has 0 saturated carbocycles. The van der Waals surface area contributed by atoms with Gasteiger partial charge in [0.2, 0.25) is 0 Å². The van der Waals surface area contributed by atoms with Crippen molar-refractivity contribution in [1.29, 1.82) is 0 Å². The number of fused-ring (bicyclic) bond motifs is 2. The number of amides is 2. The van der Waals surface area contributed by atoms with Crippen molar-refractivity contribution in [2.45, 2.75) is 19.3 Å². The summed E-state index contributed by atoms with van der Waals surface area (Å²) < 4.78 is 0. The summed E-state index contributed by atoms with van der Waals surface area (Å²) in [7, 11) is 0. The maximum Gasteiger partial charge on any atom is 0.268 e. The van der Waals surface area contributed by atoms with E-state index >= 15 is 0 Å². The number of pyridine rings is 1. The van der Waals surface area contributed by atoms with Crippen LogP contribution >= 0.6 is 34.3 Å². The molecular formula is C22H17ClN4O2S2. The van der Waals surface area contributed by atoms with Crippen LogP contribution in [0.1, 0.15) is 37.7 Å². The number of aryl methyl sites for hydroxylation is 2. The van der Waals surface area contributed by atoms with Crippen molar-refractivity contribution in [1.82, 2.24) is 4.98 Å². The van der Waals surface area contributed by atoms with Crippen molar-refractivity contribution in [2.75, 3.05) is 11.1 Å². The Bertz CT molecular complexity index is 1360. The Hall–Kier alpha value is -2.94. The standard InChI is InChI=1S/C22H17ClN4O2S2/c23-12-6-4-10(5-7-12)14-9-30-22(16(14)19(25)28)27-20(29)18-17(24)13-8-11-2-1-3-15(11)26-21(13)31-18/h4-9H,1-3,24H2,(H2,25,28)(H,27,29). The van der Waals surface area contributed by atoms with Crippen LogP contribution in [-0.2, 0) is 12.8 Å². The minimum absolute atomic E-state index is 0.262. The predicted octanol–water partition coefficient (Wildman–Crippen LogP) is 5.10. The molecule has 1 aliphatic carbocycles. The molecule has 2 amide bonds. The highest BCUT2D eigenvalue weighted by atomic mass is 35.5. The Morgan fingerprint density at radius 3 is 2.68 bits per heavy atom. The third kappa shape index (κ3) is 3.46. The summed E-state index contributed by atoms with van der Waals surface area (Å²) in [5, 5.41) is 6.39. The molecule has 0 fully saturated rings. The van der Waals surface area contributed by atoms with E-state index in [9.17, 15) is 9.59 Å². The lowest BCUT2D eigenvalue weighted by atomic mass is 10.0. The Balaban J connectivity index is 1.50. The maximum absolute atomic E-state index is 13.1. The molecule has 5 N–H and O–H groups in total. The number of primary amides is 1. The number of nitrogens with two attached hydrogens (primary N) is 2. The number of hydrogen-bond donors (Lipinski definition) is 3. The summed E-state index contributed by atoms with van der Waals surface area (Å²) in [4.78, 5) is 31.1. The molecule has 3 aromatic heterocycles. The van der Waals surface area contributed by atoms with Crippen LogP contribution in [0, 0.1) is 0 Å². The maximum atomic E-state index is 13.1. The van der Waals surface area contributed by atoms with E-state index in [4.69, 9.17) is 28.1 Å². The number of hydrogen-bond acceptors (Lipinski definition) is 6. The first-order valence-corrected chi connectivity index (χ1v) is 11.7. The number of thiophene rings is 2. The molecule has 0 unspecified atom stereocenters. The Labute approximate surface area is 190 Å². The molecule has 4 aromatic rings. The number of carbonyl (C=O) groups excluding carboxylic acids is 2. The average molecular weight is 469 g/mol. The third-order valence-electron chi connectivity index (χ3n) is 5.38. The summed E-state index contributed by atoms with van der Waals surface area (Å²) in [6.45, 7) is 0. The van der Waals surface area contributed by atoms with Gasteiger partial charge in [0.25, 0.3) is 11.8 Å². The largest absolute Gasteiger partial charge is 0.397 e. The van der Waals surface area contributed by atoms with Gasteiger partial charge in [-0.25, -0.2) is 4.98 Å². The molecular weight excluding hydrogens is 452 g/mol. The molecule has 0 saturated heterocycles. The van der Waals surface area contributed by atoms with Crippen molar-refractivity contribution < 1.29 is 9.59 Å². The van der Waals surface area contributed by atoms with Crippen LogP contribution in [0.25, 0.3) is 21.3 Å². The fourth-order valence-corrected chi connectivity index (χ4v) is 5.95. The highest BCUT2D eigenvalue weighted by Crippen LogP contribution is 2.39. The molecule has 3 heterocycles. The van der Waals surface area contributed by atoms with Gasteiger partial charge in [-0.3, -0.25) is 9.59 Å². The second-order valence-electron chi connectivity index (χ2n) is 7.32. The van der Waals surface area contributed by atoms with E-state index in [-0.39, 0.29) is 11.5 Å². The highest BCUT2D eigenvalue weighted by Gasteiger charge is 2.24. The fraction of sp³-hybridized carbons (Fsp3) is 0.136. The van der Waals surface area contributed by atoms with E-state index in [2.05, 4.69) is 5.32 Å². The van der Waals surface area contributed by atoms with Crippen molar-refractivity contribution in [3.05, 3.63) is 62.4 Å². The molecule has 0 atom stereocenters. The summed E-state index contributed by atoms with van der Waals surface area (Å²) in [5.74, 6) is -1.00. The molecule has 1 aromatic carbocycles. The first-order valence-electron chi connectivity index (χ1n) is 9.61. The molecule has 31 heavy (non-hydrogen) atoms. The summed E-state index contributed by atoms with van der Waals surface area (Å²) in [6.07, 6.45) is 3.03. The minimum Gasteiger partial charge on any atom is -0.397 e. The van der Waals surface area contributed by atoms with Crippen LogP contribution in [0.15, 0.2) is 35.7 Å². The van der Waals surface area contributed by atoms with E-state index in [0.717, 1.165) is 40.7 Å². The number of aromatic nitrogens is 1. The van der Waals surface area contributed by atoms with Crippen LogP contribution in [-0.4, -0.2) is 16.8 Å². The van der Waals surface area contributed by atoms with Crippen molar-refractivity contribution in [3.8, 4) is 11.1 Å². The van der Waals surface area contributed by atoms with Gasteiger partial charge in [0.15, 0.2) is 0 Å². The molecule has 156 valence electrons. The van der Waals surface area contributed by atoms with Crippen LogP contribution in [0.4, 0.5) is 10.7 Å². The molecule has 0 bridgehead atoms. The van der Waals surface area contributed by atoms with E-state index in [1.54, 1.807) is 29.6 Å². The molecule has 5 rings (SSSR count). The molecule has 6 nitrogen and oxygen atoms in total. The lowest BCUT2D eigenvalue weighted by Gasteiger charge is -2.06. The molecule has 1 aliphatic rings. The van der Waals surface area contributed by atoms with Crippen molar-refractivity contribution >= 4 is 67.0 Å². The minimum atomic E-state index is -0.621. The Morgan fingerprint density at radius 2 is 1.94 bits per heavy atom. The molecule has 9 heteroatoms. The molecule has 0 spiro atoms.